The Hall–Kier alpha value is -3.48. The Labute approximate surface area is 161 Å². The fourth-order valence-corrected chi connectivity index (χ4v) is 2.76. The van der Waals surface area contributed by atoms with Gasteiger partial charge in [0.05, 0.1) is 5.69 Å². The van der Waals surface area contributed by atoms with Crippen LogP contribution >= 0.6 is 0 Å². The molecule has 0 unspecified atom stereocenters. The molecule has 0 aliphatic rings. The zero-order chi connectivity index (χ0) is 20.1. The smallest absolute Gasteiger partial charge is 0.216 e. The second-order valence-electron chi connectivity index (χ2n) is 6.15. The van der Waals surface area contributed by atoms with Crippen LogP contribution in [0.25, 0.3) is 22.4 Å². The molecule has 1 heterocycles. The van der Waals surface area contributed by atoms with Crippen LogP contribution in [0.2, 0.25) is 0 Å². The molecule has 3 rings (SSSR count). The number of aromatic hydroxyl groups is 1. The number of nitrogens with zero attached hydrogens (tertiary/aromatic N) is 1. The third-order valence-corrected chi connectivity index (χ3v) is 4.07. The molecule has 7 heteroatoms. The Bertz CT molecular complexity index is 1010. The van der Waals surface area contributed by atoms with Crippen molar-refractivity contribution < 1.29 is 18.7 Å². The van der Waals surface area contributed by atoms with E-state index in [2.05, 4.69) is 15.6 Å². The van der Waals surface area contributed by atoms with Crippen molar-refractivity contribution >= 4 is 11.7 Å². The first kappa shape index (κ1) is 19.3. The lowest BCUT2D eigenvalue weighted by Gasteiger charge is -2.13. The molecule has 3 aromatic rings. The van der Waals surface area contributed by atoms with Crippen molar-refractivity contribution in [3.8, 4) is 28.1 Å². The Kier molecular flexibility index (Phi) is 5.84. The number of hydrogen-bond donors (Lipinski definition) is 3. The number of para-hydroxylation sites is 1. The summed E-state index contributed by atoms with van der Waals surface area (Å²) in [5.41, 5.74) is 1.36. The van der Waals surface area contributed by atoms with Gasteiger partial charge in [0.25, 0.3) is 0 Å². The molecular formula is C21H19F2N3O2. The molecule has 28 heavy (non-hydrogen) atoms. The number of carbonyl (C=O) groups is 1. The summed E-state index contributed by atoms with van der Waals surface area (Å²) in [4.78, 5) is 15.4. The molecule has 1 amide bonds. The summed E-state index contributed by atoms with van der Waals surface area (Å²) in [6.07, 6.45) is 0. The molecule has 0 radical (unpaired) electrons. The Morgan fingerprint density at radius 1 is 1.04 bits per heavy atom. The Balaban J connectivity index is 2.02. The molecule has 0 aliphatic heterocycles. The highest BCUT2D eigenvalue weighted by molar-refractivity contribution is 5.76. The number of phenolic OH excluding ortho intramolecular Hbond substituents is 1. The fraction of sp³-hybridized carbons (Fsp3) is 0.143. The van der Waals surface area contributed by atoms with Crippen LogP contribution in [0, 0.1) is 11.6 Å². The number of aromatic nitrogens is 1. The minimum atomic E-state index is -0.957. The van der Waals surface area contributed by atoms with Crippen molar-refractivity contribution in [3.05, 3.63) is 66.2 Å². The maximum atomic E-state index is 14.3. The molecule has 0 atom stereocenters. The van der Waals surface area contributed by atoms with Crippen LogP contribution in [0.1, 0.15) is 6.92 Å². The molecule has 0 aliphatic carbocycles. The van der Waals surface area contributed by atoms with E-state index >= 15 is 0 Å². The summed E-state index contributed by atoms with van der Waals surface area (Å²) in [5, 5.41) is 15.9. The maximum Gasteiger partial charge on any atom is 0.216 e. The summed E-state index contributed by atoms with van der Waals surface area (Å²) in [7, 11) is 0. The number of benzene rings is 2. The Morgan fingerprint density at radius 3 is 2.54 bits per heavy atom. The van der Waals surface area contributed by atoms with Gasteiger partial charge in [0.15, 0.2) is 11.6 Å². The van der Waals surface area contributed by atoms with E-state index in [9.17, 15) is 18.7 Å². The Morgan fingerprint density at radius 2 is 1.79 bits per heavy atom. The van der Waals surface area contributed by atoms with Gasteiger partial charge in [0.2, 0.25) is 5.91 Å². The number of carbonyl (C=O) groups excluding carboxylic acids is 1. The fourth-order valence-electron chi connectivity index (χ4n) is 2.76. The molecule has 1 aromatic heterocycles. The van der Waals surface area contributed by atoms with Gasteiger partial charge in [-0.25, -0.2) is 13.8 Å². The van der Waals surface area contributed by atoms with Crippen LogP contribution in [-0.4, -0.2) is 29.1 Å². The first-order valence-corrected chi connectivity index (χ1v) is 8.69. The predicted octanol–water partition coefficient (Wildman–Crippen LogP) is 3.95. The minimum Gasteiger partial charge on any atom is -0.507 e. The zero-order valence-corrected chi connectivity index (χ0v) is 15.2. The predicted molar refractivity (Wildman–Crippen MR) is 104 cm³/mol. The monoisotopic (exact) mass is 383 g/mol. The minimum absolute atomic E-state index is 0.0241. The average Bonchev–Trinajstić information content (AvgIpc) is 2.67. The number of nitrogens with one attached hydrogen (secondary N) is 2. The van der Waals surface area contributed by atoms with Crippen molar-refractivity contribution in [2.24, 2.45) is 0 Å². The van der Waals surface area contributed by atoms with Crippen molar-refractivity contribution in [3.63, 3.8) is 0 Å². The van der Waals surface area contributed by atoms with Crippen molar-refractivity contribution in [2.45, 2.75) is 6.92 Å². The lowest BCUT2D eigenvalue weighted by molar-refractivity contribution is -0.118. The van der Waals surface area contributed by atoms with Gasteiger partial charge in [-0.3, -0.25) is 4.79 Å². The summed E-state index contributed by atoms with van der Waals surface area (Å²) >= 11 is 0. The molecule has 5 nitrogen and oxygen atoms in total. The number of phenols is 1. The SMILES string of the molecule is CC(=O)NCCNc1cc(-c2cccc(F)c2F)cc(-c2ccccc2O)n1. The number of rotatable bonds is 6. The normalized spacial score (nSPS) is 10.5. The first-order chi connectivity index (χ1) is 13.5. The molecule has 0 saturated heterocycles. The van der Waals surface area contributed by atoms with Crippen LogP contribution < -0.4 is 10.6 Å². The number of anilines is 1. The van der Waals surface area contributed by atoms with Gasteiger partial charge >= 0.3 is 0 Å². The van der Waals surface area contributed by atoms with E-state index in [1.807, 2.05) is 0 Å². The molecular weight excluding hydrogens is 364 g/mol. The number of pyridine rings is 1. The summed E-state index contributed by atoms with van der Waals surface area (Å²) < 4.78 is 28.0. The van der Waals surface area contributed by atoms with Gasteiger partial charge < -0.3 is 15.7 Å². The third-order valence-electron chi connectivity index (χ3n) is 4.07. The second kappa shape index (κ2) is 8.47. The van der Waals surface area contributed by atoms with Gasteiger partial charge in [0.1, 0.15) is 11.6 Å². The number of hydrogen-bond acceptors (Lipinski definition) is 4. The van der Waals surface area contributed by atoms with Gasteiger partial charge in [-0.15, -0.1) is 0 Å². The molecule has 0 spiro atoms. The van der Waals surface area contributed by atoms with Crippen LogP contribution in [0.5, 0.6) is 5.75 Å². The molecule has 3 N–H and O–H groups in total. The summed E-state index contributed by atoms with van der Waals surface area (Å²) in [6.45, 7) is 2.19. The van der Waals surface area contributed by atoms with E-state index in [1.54, 1.807) is 30.3 Å². The summed E-state index contributed by atoms with van der Waals surface area (Å²) in [5.74, 6) is -1.62. The lowest BCUT2D eigenvalue weighted by atomic mass is 10.0. The van der Waals surface area contributed by atoms with Crippen LogP contribution in [0.15, 0.2) is 54.6 Å². The lowest BCUT2D eigenvalue weighted by Crippen LogP contribution is -2.26. The maximum absolute atomic E-state index is 14.3. The van der Waals surface area contributed by atoms with Gasteiger partial charge in [0, 0.05) is 31.1 Å². The van der Waals surface area contributed by atoms with E-state index in [0.29, 0.717) is 35.7 Å². The van der Waals surface area contributed by atoms with Crippen molar-refractivity contribution in [1.29, 1.82) is 0 Å². The van der Waals surface area contributed by atoms with Gasteiger partial charge in [-0.2, -0.15) is 0 Å². The quantitative estimate of drug-likeness (QED) is 0.564. The molecule has 2 aromatic carbocycles. The zero-order valence-electron chi connectivity index (χ0n) is 15.2. The van der Waals surface area contributed by atoms with Crippen LogP contribution in [0.3, 0.4) is 0 Å². The molecule has 0 bridgehead atoms. The van der Waals surface area contributed by atoms with E-state index in [-0.39, 0.29) is 17.2 Å². The molecule has 0 fully saturated rings. The molecule has 0 saturated carbocycles. The van der Waals surface area contributed by atoms with E-state index in [0.717, 1.165) is 6.07 Å². The van der Waals surface area contributed by atoms with Gasteiger partial charge in [-0.05, 0) is 35.9 Å². The standard InChI is InChI=1S/C21H19F2N3O2/c1-13(27)24-9-10-25-20-12-14(15-6-4-7-17(22)21(15)23)11-18(26-20)16-5-2-3-8-19(16)28/h2-8,11-12,28H,9-10H2,1H3,(H,24,27)(H,25,26). The molecule has 144 valence electrons. The highest BCUT2D eigenvalue weighted by atomic mass is 19.2. The first-order valence-electron chi connectivity index (χ1n) is 8.69. The summed E-state index contributed by atoms with van der Waals surface area (Å²) in [6, 6.07) is 13.8. The van der Waals surface area contributed by atoms with E-state index < -0.39 is 11.6 Å². The van der Waals surface area contributed by atoms with Crippen LogP contribution in [-0.2, 0) is 4.79 Å². The van der Waals surface area contributed by atoms with Crippen molar-refractivity contribution in [2.75, 3.05) is 18.4 Å². The van der Waals surface area contributed by atoms with E-state index in [4.69, 9.17) is 0 Å². The highest BCUT2D eigenvalue weighted by Crippen LogP contribution is 2.33. The third kappa shape index (κ3) is 4.43. The average molecular weight is 383 g/mol. The van der Waals surface area contributed by atoms with Crippen LogP contribution in [0.4, 0.5) is 14.6 Å². The van der Waals surface area contributed by atoms with Gasteiger partial charge in [-0.1, -0.05) is 24.3 Å². The van der Waals surface area contributed by atoms with Crippen molar-refractivity contribution in [1.82, 2.24) is 10.3 Å². The second-order valence-corrected chi connectivity index (χ2v) is 6.15. The number of amides is 1. The largest absolute Gasteiger partial charge is 0.507 e. The van der Waals surface area contributed by atoms with E-state index in [1.165, 1.54) is 25.1 Å². The topological polar surface area (TPSA) is 74.2 Å². The number of halogens is 2. The highest BCUT2D eigenvalue weighted by Gasteiger charge is 2.14.